The molecule has 0 bridgehead atoms. The monoisotopic (exact) mass is 279 g/mol. The van der Waals surface area contributed by atoms with Crippen LogP contribution in [0, 0.1) is 13.8 Å². The average Bonchev–Trinajstić information content (AvgIpc) is 2.42. The van der Waals surface area contributed by atoms with Crippen molar-refractivity contribution in [2.45, 2.75) is 45.1 Å². The predicted molar refractivity (Wildman–Crippen MR) is 89.9 cm³/mol. The minimum absolute atomic E-state index is 0.279. The number of rotatable bonds is 4. The van der Waals surface area contributed by atoms with Gasteiger partial charge in [0.1, 0.15) is 0 Å². The fraction of sp³-hybridized carbons (Fsp3) is 0.400. The number of nitrogens with one attached hydrogen (secondary N) is 1. The van der Waals surface area contributed by atoms with Crippen LogP contribution in [0.15, 0.2) is 42.5 Å². The number of aryl methyl sites for hydroxylation is 2. The number of hydrogen-bond donors (Lipinski definition) is 1. The van der Waals surface area contributed by atoms with E-state index in [0.717, 1.165) is 5.92 Å². The van der Waals surface area contributed by atoms with Gasteiger partial charge < -0.3 is 5.32 Å². The Morgan fingerprint density at radius 1 is 1.00 bits per heavy atom. The number of benzene rings is 2. The highest BCUT2D eigenvalue weighted by atomic mass is 14.9. The number of hydrogen-bond acceptors (Lipinski definition) is 1. The lowest BCUT2D eigenvalue weighted by atomic mass is 9.79. The topological polar surface area (TPSA) is 12.0 Å². The average molecular weight is 279 g/mol. The maximum atomic E-state index is 3.47. The third-order valence-corrected chi connectivity index (χ3v) is 4.87. The van der Waals surface area contributed by atoms with Crippen LogP contribution in [0.1, 0.15) is 59.0 Å². The Morgan fingerprint density at radius 2 is 1.71 bits per heavy atom. The molecule has 0 saturated heterocycles. The molecule has 1 aliphatic carbocycles. The zero-order chi connectivity index (χ0) is 14.8. The molecule has 1 unspecified atom stereocenters. The molecule has 0 spiro atoms. The van der Waals surface area contributed by atoms with Crippen LogP contribution < -0.4 is 5.32 Å². The van der Waals surface area contributed by atoms with Gasteiger partial charge in [0.15, 0.2) is 0 Å². The van der Waals surface area contributed by atoms with Crippen molar-refractivity contribution in [2.24, 2.45) is 0 Å². The SMILES string of the molecule is CNC(c1ccc(C2CCC2)cc1)c1ccc(C)cc1C. The van der Waals surface area contributed by atoms with Gasteiger partial charge in [-0.1, -0.05) is 54.4 Å². The van der Waals surface area contributed by atoms with Gasteiger partial charge in [0.2, 0.25) is 0 Å². The molecule has 3 rings (SSSR count). The van der Waals surface area contributed by atoms with Crippen LogP contribution in [0.5, 0.6) is 0 Å². The van der Waals surface area contributed by atoms with Crippen LogP contribution in [-0.2, 0) is 0 Å². The summed E-state index contributed by atoms with van der Waals surface area (Å²) < 4.78 is 0. The second-order valence-electron chi connectivity index (χ2n) is 6.38. The Balaban J connectivity index is 1.88. The van der Waals surface area contributed by atoms with Crippen LogP contribution in [-0.4, -0.2) is 7.05 Å². The van der Waals surface area contributed by atoms with Gasteiger partial charge in [-0.25, -0.2) is 0 Å². The Kier molecular flexibility index (Phi) is 4.12. The molecular formula is C20H25N. The third kappa shape index (κ3) is 2.89. The Labute approximate surface area is 128 Å². The van der Waals surface area contributed by atoms with Crippen molar-refractivity contribution in [3.8, 4) is 0 Å². The molecule has 2 aromatic carbocycles. The molecule has 0 radical (unpaired) electrons. The lowest BCUT2D eigenvalue weighted by Gasteiger charge is -2.26. The quantitative estimate of drug-likeness (QED) is 0.841. The molecule has 1 N–H and O–H groups in total. The van der Waals surface area contributed by atoms with E-state index in [0.29, 0.717) is 0 Å². The van der Waals surface area contributed by atoms with Gasteiger partial charge in [-0.2, -0.15) is 0 Å². The van der Waals surface area contributed by atoms with Gasteiger partial charge >= 0.3 is 0 Å². The van der Waals surface area contributed by atoms with E-state index < -0.39 is 0 Å². The first-order valence-corrected chi connectivity index (χ1v) is 8.03. The summed E-state index contributed by atoms with van der Waals surface area (Å²) >= 11 is 0. The fourth-order valence-corrected chi connectivity index (χ4v) is 3.35. The van der Waals surface area contributed by atoms with Gasteiger partial charge in [-0.15, -0.1) is 0 Å². The fourth-order valence-electron chi connectivity index (χ4n) is 3.35. The molecule has 1 atom stereocenters. The van der Waals surface area contributed by atoms with Crippen molar-refractivity contribution < 1.29 is 0 Å². The molecule has 0 amide bonds. The van der Waals surface area contributed by atoms with Gasteiger partial charge in [-0.3, -0.25) is 0 Å². The lowest BCUT2D eigenvalue weighted by molar-refractivity contribution is 0.419. The first-order valence-electron chi connectivity index (χ1n) is 8.03. The van der Waals surface area contributed by atoms with E-state index in [1.165, 1.54) is 47.1 Å². The predicted octanol–water partition coefficient (Wildman–Crippen LogP) is 4.88. The van der Waals surface area contributed by atoms with Crippen LogP contribution in [0.2, 0.25) is 0 Å². The molecule has 0 aromatic heterocycles. The zero-order valence-electron chi connectivity index (χ0n) is 13.3. The maximum absolute atomic E-state index is 3.47. The molecular weight excluding hydrogens is 254 g/mol. The summed E-state index contributed by atoms with van der Waals surface area (Å²) in [4.78, 5) is 0. The van der Waals surface area contributed by atoms with Crippen LogP contribution in [0.3, 0.4) is 0 Å². The molecule has 1 fully saturated rings. The van der Waals surface area contributed by atoms with Crippen molar-refractivity contribution in [3.63, 3.8) is 0 Å². The minimum atomic E-state index is 0.279. The Hall–Kier alpha value is -1.60. The van der Waals surface area contributed by atoms with E-state index in [1.54, 1.807) is 0 Å². The smallest absolute Gasteiger partial charge is 0.0576 e. The van der Waals surface area contributed by atoms with E-state index in [2.05, 4.69) is 61.6 Å². The molecule has 0 aliphatic heterocycles. The second-order valence-corrected chi connectivity index (χ2v) is 6.38. The molecule has 110 valence electrons. The normalized spacial score (nSPS) is 16.5. The van der Waals surface area contributed by atoms with Crippen LogP contribution in [0.25, 0.3) is 0 Å². The van der Waals surface area contributed by atoms with E-state index in [-0.39, 0.29) is 6.04 Å². The summed E-state index contributed by atoms with van der Waals surface area (Å²) in [6.45, 7) is 4.36. The summed E-state index contributed by atoms with van der Waals surface area (Å²) in [7, 11) is 2.05. The lowest BCUT2D eigenvalue weighted by Crippen LogP contribution is -2.19. The van der Waals surface area contributed by atoms with Crippen LogP contribution in [0.4, 0.5) is 0 Å². The van der Waals surface area contributed by atoms with Gasteiger partial charge in [0, 0.05) is 0 Å². The van der Waals surface area contributed by atoms with Crippen molar-refractivity contribution in [2.75, 3.05) is 7.05 Å². The first kappa shape index (κ1) is 14.3. The van der Waals surface area contributed by atoms with E-state index in [1.807, 2.05) is 7.05 Å². The van der Waals surface area contributed by atoms with Crippen molar-refractivity contribution >= 4 is 0 Å². The highest BCUT2D eigenvalue weighted by Crippen LogP contribution is 2.37. The molecule has 2 aromatic rings. The second kappa shape index (κ2) is 6.03. The molecule has 1 heteroatoms. The first-order chi connectivity index (χ1) is 10.2. The standard InChI is InChI=1S/C20H25N/c1-14-7-12-19(15(2)13-14)20(21-3)18-10-8-17(9-11-18)16-5-4-6-16/h7-13,16,20-21H,4-6H2,1-3H3. The molecule has 1 aliphatic rings. The third-order valence-electron chi connectivity index (χ3n) is 4.87. The van der Waals surface area contributed by atoms with Crippen molar-refractivity contribution in [1.29, 1.82) is 0 Å². The highest BCUT2D eigenvalue weighted by Gasteiger charge is 2.20. The molecule has 1 nitrogen and oxygen atoms in total. The maximum Gasteiger partial charge on any atom is 0.0576 e. The summed E-state index contributed by atoms with van der Waals surface area (Å²) in [5, 5.41) is 3.47. The minimum Gasteiger partial charge on any atom is -0.309 e. The van der Waals surface area contributed by atoms with E-state index in [9.17, 15) is 0 Å². The molecule has 21 heavy (non-hydrogen) atoms. The highest BCUT2D eigenvalue weighted by molar-refractivity contribution is 5.40. The van der Waals surface area contributed by atoms with Crippen LogP contribution >= 0.6 is 0 Å². The van der Waals surface area contributed by atoms with Gasteiger partial charge in [-0.05, 0) is 61.9 Å². The Bertz CT molecular complexity index is 608. The van der Waals surface area contributed by atoms with Gasteiger partial charge in [0.05, 0.1) is 6.04 Å². The van der Waals surface area contributed by atoms with Crippen molar-refractivity contribution in [3.05, 3.63) is 70.3 Å². The zero-order valence-corrected chi connectivity index (χ0v) is 13.3. The molecule has 1 saturated carbocycles. The summed E-state index contributed by atoms with van der Waals surface area (Å²) in [5.74, 6) is 0.813. The summed E-state index contributed by atoms with van der Waals surface area (Å²) in [5.41, 5.74) is 6.93. The summed E-state index contributed by atoms with van der Waals surface area (Å²) in [6, 6.07) is 16.3. The van der Waals surface area contributed by atoms with E-state index in [4.69, 9.17) is 0 Å². The van der Waals surface area contributed by atoms with Gasteiger partial charge in [0.25, 0.3) is 0 Å². The van der Waals surface area contributed by atoms with Crippen molar-refractivity contribution in [1.82, 2.24) is 5.32 Å². The Morgan fingerprint density at radius 3 is 2.24 bits per heavy atom. The summed E-state index contributed by atoms with van der Waals surface area (Å²) in [6.07, 6.45) is 4.13. The molecule has 0 heterocycles. The largest absolute Gasteiger partial charge is 0.309 e. The van der Waals surface area contributed by atoms with E-state index >= 15 is 0 Å².